The molecule has 0 amide bonds. The molecule has 5 heteroatoms. The summed E-state index contributed by atoms with van der Waals surface area (Å²) in [5.41, 5.74) is 8.12. The second-order valence-corrected chi connectivity index (χ2v) is 6.67. The quantitative estimate of drug-likeness (QED) is 0.925. The van der Waals surface area contributed by atoms with Crippen LogP contribution in [-0.2, 0) is 6.54 Å². The van der Waals surface area contributed by atoms with Gasteiger partial charge in [-0.25, -0.2) is 4.98 Å². The van der Waals surface area contributed by atoms with Crippen molar-refractivity contribution >= 4 is 44.7 Å². The molecule has 1 saturated heterocycles. The van der Waals surface area contributed by atoms with E-state index in [-0.39, 0.29) is 0 Å². The van der Waals surface area contributed by atoms with E-state index in [4.69, 9.17) is 5.73 Å². The number of aromatic nitrogens is 2. The molecule has 1 aromatic carbocycles. The van der Waals surface area contributed by atoms with Crippen LogP contribution in [0.15, 0.2) is 22.7 Å². The van der Waals surface area contributed by atoms with Gasteiger partial charge in [-0.3, -0.25) is 0 Å². The predicted octanol–water partition coefficient (Wildman–Crippen LogP) is 3.28. The molecule has 90 valence electrons. The fraction of sp³-hybridized carbons (Fsp3) is 0.417. The number of nitrogens with zero attached hydrogens (tertiary/aromatic N) is 2. The molecule has 0 saturated carbocycles. The lowest BCUT2D eigenvalue weighted by molar-refractivity contribution is 0.658. The van der Waals surface area contributed by atoms with Crippen LogP contribution in [-0.4, -0.2) is 20.6 Å². The molecule has 1 fully saturated rings. The van der Waals surface area contributed by atoms with E-state index in [1.165, 1.54) is 18.6 Å². The first-order valence-electron chi connectivity index (χ1n) is 5.77. The van der Waals surface area contributed by atoms with Gasteiger partial charge in [0.25, 0.3) is 0 Å². The van der Waals surface area contributed by atoms with Gasteiger partial charge in [-0.15, -0.1) is 0 Å². The largest absolute Gasteiger partial charge is 0.369 e. The van der Waals surface area contributed by atoms with Gasteiger partial charge in [-0.05, 0) is 36.8 Å². The van der Waals surface area contributed by atoms with E-state index in [9.17, 15) is 0 Å². The van der Waals surface area contributed by atoms with Crippen LogP contribution in [0.5, 0.6) is 0 Å². The van der Waals surface area contributed by atoms with Gasteiger partial charge in [0.15, 0.2) is 0 Å². The highest BCUT2D eigenvalue weighted by molar-refractivity contribution is 9.10. The number of benzene rings is 1. The molecule has 3 rings (SSSR count). The lowest BCUT2D eigenvalue weighted by atomic mass is 10.2. The fourth-order valence-electron chi connectivity index (χ4n) is 2.31. The van der Waals surface area contributed by atoms with Crippen molar-refractivity contribution in [1.29, 1.82) is 0 Å². The zero-order valence-corrected chi connectivity index (χ0v) is 11.8. The highest BCUT2D eigenvalue weighted by Crippen LogP contribution is 2.30. The van der Waals surface area contributed by atoms with Crippen LogP contribution in [0.2, 0.25) is 0 Å². The third-order valence-electron chi connectivity index (χ3n) is 3.15. The van der Waals surface area contributed by atoms with Crippen LogP contribution in [0.4, 0.5) is 5.95 Å². The Morgan fingerprint density at radius 1 is 1.53 bits per heavy atom. The Kier molecular flexibility index (Phi) is 3.04. The van der Waals surface area contributed by atoms with Crippen LogP contribution in [0.25, 0.3) is 11.0 Å². The summed E-state index contributed by atoms with van der Waals surface area (Å²) in [5.74, 6) is 1.91. The Balaban J connectivity index is 1.99. The highest BCUT2D eigenvalue weighted by Gasteiger charge is 2.18. The molecule has 17 heavy (non-hydrogen) atoms. The third kappa shape index (κ3) is 2.18. The van der Waals surface area contributed by atoms with Crippen LogP contribution >= 0.6 is 27.7 Å². The third-order valence-corrected chi connectivity index (χ3v) is 5.02. The molecule has 1 aliphatic heterocycles. The average Bonchev–Trinajstić information content (AvgIpc) is 2.88. The summed E-state index contributed by atoms with van der Waals surface area (Å²) in [6.07, 6.45) is 2.62. The van der Waals surface area contributed by atoms with Gasteiger partial charge < -0.3 is 10.3 Å². The minimum Gasteiger partial charge on any atom is -0.369 e. The lowest BCUT2D eigenvalue weighted by Crippen LogP contribution is -2.12. The first-order chi connectivity index (χ1) is 8.24. The summed E-state index contributed by atoms with van der Waals surface area (Å²) < 4.78 is 3.19. The normalized spacial score (nSPS) is 20.2. The number of nitrogen functional groups attached to an aromatic ring is 1. The highest BCUT2D eigenvalue weighted by atomic mass is 79.9. The number of anilines is 1. The van der Waals surface area contributed by atoms with Gasteiger partial charge in [0, 0.05) is 16.3 Å². The van der Waals surface area contributed by atoms with Gasteiger partial charge in [0.2, 0.25) is 5.95 Å². The van der Waals surface area contributed by atoms with Crippen LogP contribution in [0.3, 0.4) is 0 Å². The van der Waals surface area contributed by atoms with Crippen LogP contribution in [0.1, 0.15) is 12.8 Å². The number of halogens is 1. The van der Waals surface area contributed by atoms with Crippen molar-refractivity contribution in [2.24, 2.45) is 0 Å². The molecule has 0 radical (unpaired) electrons. The molecule has 0 spiro atoms. The molecule has 1 unspecified atom stereocenters. The van der Waals surface area contributed by atoms with Crippen LogP contribution < -0.4 is 5.73 Å². The van der Waals surface area contributed by atoms with E-state index >= 15 is 0 Å². The van der Waals surface area contributed by atoms with E-state index in [0.717, 1.165) is 22.1 Å². The summed E-state index contributed by atoms with van der Waals surface area (Å²) in [5, 5.41) is 0.693. The number of nitrogens with two attached hydrogens (primary N) is 1. The van der Waals surface area contributed by atoms with Crippen molar-refractivity contribution in [2.75, 3.05) is 11.5 Å². The maximum atomic E-state index is 6.01. The van der Waals surface area contributed by atoms with Crippen molar-refractivity contribution in [3.05, 3.63) is 22.7 Å². The minimum absolute atomic E-state index is 0.630. The van der Waals surface area contributed by atoms with E-state index in [1.807, 2.05) is 23.9 Å². The maximum absolute atomic E-state index is 6.01. The van der Waals surface area contributed by atoms with Gasteiger partial charge in [0.1, 0.15) is 0 Å². The second-order valence-electron chi connectivity index (χ2n) is 4.35. The van der Waals surface area contributed by atoms with Crippen LogP contribution in [0, 0.1) is 0 Å². The number of hydrogen-bond donors (Lipinski definition) is 1. The zero-order chi connectivity index (χ0) is 11.8. The standard InChI is InChI=1S/C12H14BrN3S/c13-8-3-4-11-10(6-8)15-12(14)16(11)7-9-2-1-5-17-9/h3-4,6,9H,1-2,5,7H2,(H2,14,15). The van der Waals surface area contributed by atoms with Gasteiger partial charge >= 0.3 is 0 Å². The molecule has 0 aliphatic carbocycles. The molecule has 2 heterocycles. The number of rotatable bonds is 2. The Morgan fingerprint density at radius 2 is 2.41 bits per heavy atom. The summed E-state index contributed by atoms with van der Waals surface area (Å²) >= 11 is 5.51. The summed E-state index contributed by atoms with van der Waals surface area (Å²) in [4.78, 5) is 4.42. The number of hydrogen-bond acceptors (Lipinski definition) is 3. The van der Waals surface area contributed by atoms with E-state index < -0.39 is 0 Å². The zero-order valence-electron chi connectivity index (χ0n) is 9.40. The first kappa shape index (κ1) is 11.4. The molecular formula is C12H14BrN3S. The molecule has 3 nitrogen and oxygen atoms in total. The smallest absolute Gasteiger partial charge is 0.201 e. The Hall–Kier alpha value is -0.680. The average molecular weight is 312 g/mol. The van der Waals surface area contributed by atoms with Crippen molar-refractivity contribution in [2.45, 2.75) is 24.6 Å². The molecule has 1 aliphatic rings. The summed E-state index contributed by atoms with van der Waals surface area (Å²) in [7, 11) is 0. The van der Waals surface area contributed by atoms with E-state index in [2.05, 4.69) is 31.5 Å². The Bertz CT molecular complexity index is 546. The molecule has 2 aromatic rings. The first-order valence-corrected chi connectivity index (χ1v) is 7.61. The Labute approximate surface area is 113 Å². The van der Waals surface area contributed by atoms with Crippen molar-refractivity contribution < 1.29 is 0 Å². The van der Waals surface area contributed by atoms with Gasteiger partial charge in [-0.1, -0.05) is 15.9 Å². The van der Waals surface area contributed by atoms with Crippen molar-refractivity contribution in [3.63, 3.8) is 0 Å². The molecular weight excluding hydrogens is 298 g/mol. The monoisotopic (exact) mass is 311 g/mol. The predicted molar refractivity (Wildman–Crippen MR) is 77.3 cm³/mol. The van der Waals surface area contributed by atoms with Gasteiger partial charge in [0.05, 0.1) is 11.0 Å². The Morgan fingerprint density at radius 3 is 3.18 bits per heavy atom. The van der Waals surface area contributed by atoms with Crippen molar-refractivity contribution in [3.8, 4) is 0 Å². The SMILES string of the molecule is Nc1nc2cc(Br)ccc2n1CC1CCCS1. The number of fused-ring (bicyclic) bond motifs is 1. The second kappa shape index (κ2) is 4.53. The lowest BCUT2D eigenvalue weighted by Gasteiger charge is -2.11. The maximum Gasteiger partial charge on any atom is 0.201 e. The minimum atomic E-state index is 0.630. The molecule has 1 atom stereocenters. The van der Waals surface area contributed by atoms with Gasteiger partial charge in [-0.2, -0.15) is 11.8 Å². The molecule has 2 N–H and O–H groups in total. The number of imidazole rings is 1. The van der Waals surface area contributed by atoms with E-state index in [0.29, 0.717) is 11.2 Å². The van der Waals surface area contributed by atoms with E-state index in [1.54, 1.807) is 0 Å². The van der Waals surface area contributed by atoms with Crippen molar-refractivity contribution in [1.82, 2.24) is 9.55 Å². The molecule has 1 aromatic heterocycles. The topological polar surface area (TPSA) is 43.8 Å². The summed E-state index contributed by atoms with van der Waals surface area (Å²) in [6, 6.07) is 6.15. The molecule has 0 bridgehead atoms. The summed E-state index contributed by atoms with van der Waals surface area (Å²) in [6.45, 7) is 0.981. The number of thioether (sulfide) groups is 1. The fourth-order valence-corrected chi connectivity index (χ4v) is 3.91.